The number of benzene rings is 1. The van der Waals surface area contributed by atoms with Crippen molar-refractivity contribution in [1.29, 1.82) is 0 Å². The van der Waals surface area contributed by atoms with Crippen LogP contribution in [0.2, 0.25) is 0 Å². The first-order chi connectivity index (χ1) is 7.86. The predicted octanol–water partition coefficient (Wildman–Crippen LogP) is 2.33. The third-order valence-corrected chi connectivity index (χ3v) is 2.51. The number of nitrogens with one attached hydrogen (secondary N) is 1. The Morgan fingerprint density at radius 3 is 2.81 bits per heavy atom. The quantitative estimate of drug-likeness (QED) is 0.649. The van der Waals surface area contributed by atoms with E-state index in [1.54, 1.807) is 12.1 Å². The summed E-state index contributed by atoms with van der Waals surface area (Å²) in [4.78, 5) is 11.3. The third-order valence-electron chi connectivity index (χ3n) is 2.51. The highest BCUT2D eigenvalue weighted by Gasteiger charge is 2.09. The van der Waals surface area contributed by atoms with Gasteiger partial charge in [0.2, 0.25) is 0 Å². The second-order valence-electron chi connectivity index (χ2n) is 3.48. The van der Waals surface area contributed by atoms with Crippen molar-refractivity contribution in [1.82, 2.24) is 15.0 Å². The number of phenolic OH excluding ortho intramolecular Hbond substituents is 1. The summed E-state index contributed by atoms with van der Waals surface area (Å²) in [7, 11) is 0. The number of nitrogens with zero attached hydrogens (tertiary/aromatic N) is 2. The Bertz CT molecular complexity index is 645. The van der Waals surface area contributed by atoms with Crippen molar-refractivity contribution in [2.24, 2.45) is 0 Å². The minimum Gasteiger partial charge on any atom is -0.507 e. The molecule has 78 valence electrons. The van der Waals surface area contributed by atoms with Gasteiger partial charge in [0.1, 0.15) is 17.7 Å². The first kappa shape index (κ1) is 8.91. The molecule has 2 heterocycles. The average Bonchev–Trinajstić information content (AvgIpc) is 2.77. The van der Waals surface area contributed by atoms with Crippen LogP contribution in [0, 0.1) is 0 Å². The van der Waals surface area contributed by atoms with E-state index in [1.807, 2.05) is 24.4 Å². The van der Waals surface area contributed by atoms with Crippen molar-refractivity contribution in [3.63, 3.8) is 0 Å². The normalized spacial score (nSPS) is 10.8. The Hall–Kier alpha value is -2.36. The molecule has 0 atom stereocenters. The van der Waals surface area contributed by atoms with Crippen LogP contribution in [0.3, 0.4) is 0 Å². The zero-order valence-electron chi connectivity index (χ0n) is 8.38. The molecule has 0 saturated carbocycles. The van der Waals surface area contributed by atoms with Crippen LogP contribution in [0.4, 0.5) is 0 Å². The highest BCUT2D eigenvalue weighted by Crippen LogP contribution is 2.31. The molecule has 16 heavy (non-hydrogen) atoms. The summed E-state index contributed by atoms with van der Waals surface area (Å²) in [5.41, 5.74) is 2.23. The molecule has 4 nitrogen and oxygen atoms in total. The number of aromatic nitrogens is 3. The van der Waals surface area contributed by atoms with Crippen molar-refractivity contribution >= 4 is 11.0 Å². The van der Waals surface area contributed by atoms with E-state index in [0.29, 0.717) is 0 Å². The lowest BCUT2D eigenvalue weighted by atomic mass is 10.1. The molecule has 0 fully saturated rings. The largest absolute Gasteiger partial charge is 0.507 e. The summed E-state index contributed by atoms with van der Waals surface area (Å²) in [5.74, 6) is 0.226. The number of aromatic amines is 1. The lowest BCUT2D eigenvalue weighted by Gasteiger charge is -2.03. The number of hydrogen-bond acceptors (Lipinski definition) is 3. The Kier molecular flexibility index (Phi) is 1.86. The van der Waals surface area contributed by atoms with Gasteiger partial charge in [0, 0.05) is 17.1 Å². The number of H-pyrrole nitrogens is 1. The Morgan fingerprint density at radius 1 is 1.06 bits per heavy atom. The van der Waals surface area contributed by atoms with E-state index in [-0.39, 0.29) is 5.75 Å². The van der Waals surface area contributed by atoms with Crippen molar-refractivity contribution < 1.29 is 5.11 Å². The lowest BCUT2D eigenvalue weighted by Crippen LogP contribution is -1.87. The smallest absolute Gasteiger partial charge is 0.141 e. The van der Waals surface area contributed by atoms with Crippen LogP contribution in [0.15, 0.2) is 42.9 Å². The SMILES string of the molecule is Oc1ccccc1-c1ncnc2[nH]ccc12. The molecule has 0 spiro atoms. The fourth-order valence-electron chi connectivity index (χ4n) is 1.76. The van der Waals surface area contributed by atoms with E-state index in [9.17, 15) is 5.11 Å². The lowest BCUT2D eigenvalue weighted by molar-refractivity contribution is 0.477. The molecular weight excluding hydrogens is 202 g/mol. The van der Waals surface area contributed by atoms with Gasteiger partial charge >= 0.3 is 0 Å². The second kappa shape index (κ2) is 3.34. The molecule has 0 amide bonds. The van der Waals surface area contributed by atoms with Gasteiger partial charge in [0.05, 0.1) is 5.69 Å². The van der Waals surface area contributed by atoms with Crippen LogP contribution in [-0.2, 0) is 0 Å². The van der Waals surface area contributed by atoms with Crippen LogP contribution in [0.5, 0.6) is 5.75 Å². The van der Waals surface area contributed by atoms with E-state index in [0.717, 1.165) is 22.3 Å². The highest BCUT2D eigenvalue weighted by atomic mass is 16.3. The summed E-state index contributed by atoms with van der Waals surface area (Å²) in [6.07, 6.45) is 3.30. The topological polar surface area (TPSA) is 61.8 Å². The van der Waals surface area contributed by atoms with Gasteiger partial charge in [0.15, 0.2) is 0 Å². The maximum atomic E-state index is 9.79. The summed E-state index contributed by atoms with van der Waals surface area (Å²) in [6.45, 7) is 0. The third kappa shape index (κ3) is 1.24. The number of phenols is 1. The van der Waals surface area contributed by atoms with Crippen LogP contribution < -0.4 is 0 Å². The fraction of sp³-hybridized carbons (Fsp3) is 0. The molecule has 2 aromatic heterocycles. The van der Waals surface area contributed by atoms with Crippen LogP contribution in [-0.4, -0.2) is 20.1 Å². The molecule has 0 bridgehead atoms. The van der Waals surface area contributed by atoms with Gasteiger partial charge in [-0.2, -0.15) is 0 Å². The highest BCUT2D eigenvalue weighted by molar-refractivity contribution is 5.91. The summed E-state index contributed by atoms with van der Waals surface area (Å²) < 4.78 is 0. The van der Waals surface area contributed by atoms with Gasteiger partial charge in [-0.1, -0.05) is 12.1 Å². The first-order valence-electron chi connectivity index (χ1n) is 4.93. The average molecular weight is 211 g/mol. The van der Waals surface area contributed by atoms with Crippen LogP contribution in [0.25, 0.3) is 22.3 Å². The van der Waals surface area contributed by atoms with Gasteiger partial charge < -0.3 is 10.1 Å². The maximum Gasteiger partial charge on any atom is 0.141 e. The fourth-order valence-corrected chi connectivity index (χ4v) is 1.76. The van der Waals surface area contributed by atoms with Gasteiger partial charge in [-0.05, 0) is 18.2 Å². The number of para-hydroxylation sites is 1. The van der Waals surface area contributed by atoms with Gasteiger partial charge in [-0.25, -0.2) is 9.97 Å². The Morgan fingerprint density at radius 2 is 1.94 bits per heavy atom. The van der Waals surface area contributed by atoms with E-state index >= 15 is 0 Å². The second-order valence-corrected chi connectivity index (χ2v) is 3.48. The molecule has 0 unspecified atom stereocenters. The standard InChI is InChI=1S/C12H9N3O/c16-10-4-2-1-3-8(10)11-9-5-6-13-12(9)15-7-14-11/h1-7,16H,(H,13,14,15). The molecule has 0 aliphatic carbocycles. The van der Waals surface area contributed by atoms with Crippen molar-refractivity contribution in [3.8, 4) is 17.0 Å². The molecular formula is C12H9N3O. The minimum atomic E-state index is 0.226. The number of rotatable bonds is 1. The zero-order valence-corrected chi connectivity index (χ0v) is 8.38. The summed E-state index contributed by atoms with van der Waals surface area (Å²) in [5, 5.41) is 10.7. The molecule has 0 aliphatic rings. The molecule has 0 saturated heterocycles. The Labute approximate surface area is 91.6 Å². The predicted molar refractivity (Wildman–Crippen MR) is 61.0 cm³/mol. The van der Waals surface area contributed by atoms with E-state index < -0.39 is 0 Å². The molecule has 0 aliphatic heterocycles. The van der Waals surface area contributed by atoms with E-state index in [4.69, 9.17) is 0 Å². The molecule has 2 N–H and O–H groups in total. The molecule has 0 radical (unpaired) electrons. The summed E-state index contributed by atoms with van der Waals surface area (Å²) in [6, 6.07) is 9.04. The summed E-state index contributed by atoms with van der Waals surface area (Å²) >= 11 is 0. The van der Waals surface area contributed by atoms with Crippen molar-refractivity contribution in [3.05, 3.63) is 42.9 Å². The molecule has 3 aromatic rings. The van der Waals surface area contributed by atoms with E-state index in [1.165, 1.54) is 6.33 Å². The van der Waals surface area contributed by atoms with Gasteiger partial charge in [-0.15, -0.1) is 0 Å². The number of aromatic hydroxyl groups is 1. The van der Waals surface area contributed by atoms with Crippen LogP contribution >= 0.6 is 0 Å². The number of hydrogen-bond donors (Lipinski definition) is 2. The first-order valence-corrected chi connectivity index (χ1v) is 4.93. The minimum absolute atomic E-state index is 0.226. The van der Waals surface area contributed by atoms with Crippen LogP contribution in [0.1, 0.15) is 0 Å². The molecule has 4 heteroatoms. The van der Waals surface area contributed by atoms with Crippen molar-refractivity contribution in [2.75, 3.05) is 0 Å². The number of fused-ring (bicyclic) bond motifs is 1. The molecule has 3 rings (SSSR count). The van der Waals surface area contributed by atoms with Gasteiger partial charge in [0.25, 0.3) is 0 Å². The van der Waals surface area contributed by atoms with E-state index in [2.05, 4.69) is 15.0 Å². The zero-order chi connectivity index (χ0) is 11.0. The maximum absolute atomic E-state index is 9.79. The van der Waals surface area contributed by atoms with Gasteiger partial charge in [-0.3, -0.25) is 0 Å². The monoisotopic (exact) mass is 211 g/mol. The Balaban J connectivity index is 2.34. The van der Waals surface area contributed by atoms with Crippen molar-refractivity contribution in [2.45, 2.75) is 0 Å². The molecule has 1 aromatic carbocycles.